The molecule has 0 amide bonds. The normalized spacial score (nSPS) is 12.0. The molecule has 6 heteroatoms. The minimum Gasteiger partial charge on any atom is -0.353 e. The summed E-state index contributed by atoms with van der Waals surface area (Å²) >= 11 is 0. The summed E-state index contributed by atoms with van der Waals surface area (Å²) in [6.45, 7) is 5.51. The fraction of sp³-hybridized carbons (Fsp3) is 0.600. The van der Waals surface area contributed by atoms with Crippen molar-refractivity contribution in [3.8, 4) is 0 Å². The number of benzene rings is 1. The van der Waals surface area contributed by atoms with E-state index in [2.05, 4.69) is 4.72 Å². The standard InChI is InChI=1S/C15H25NO4S/c1-4-19-15(20-5-2)11-10-13-6-8-14(9-7-13)12-16-21(3,17)18/h6-9,15-16H,4-5,10-12H2,1-3H3/i21+3. The molecule has 0 spiro atoms. The van der Waals surface area contributed by atoms with Gasteiger partial charge in [0.1, 0.15) is 0 Å². The number of hydrogen-bond acceptors (Lipinski definition) is 4. The van der Waals surface area contributed by atoms with Gasteiger partial charge in [0.2, 0.25) is 10.0 Å². The molecule has 0 aliphatic rings. The van der Waals surface area contributed by atoms with Gasteiger partial charge in [0.15, 0.2) is 6.29 Å². The van der Waals surface area contributed by atoms with Crippen LogP contribution >= 0.6 is 0 Å². The lowest BCUT2D eigenvalue weighted by atomic mass is 10.1. The second-order valence-corrected chi connectivity index (χ2v) is 6.62. The minimum atomic E-state index is -3.15. The molecule has 1 rings (SSSR count). The molecular weight excluding hydrogens is 293 g/mol. The molecule has 120 valence electrons. The molecular formula is C15H25NO4S. The van der Waals surface area contributed by atoms with Crippen molar-refractivity contribution in [2.45, 2.75) is 39.5 Å². The van der Waals surface area contributed by atoms with E-state index >= 15 is 0 Å². The Morgan fingerprint density at radius 1 is 1.05 bits per heavy atom. The van der Waals surface area contributed by atoms with Crippen LogP contribution in [0, 0.1) is 0 Å². The molecule has 0 atom stereocenters. The maximum Gasteiger partial charge on any atom is 0.209 e. The average Bonchev–Trinajstić information content (AvgIpc) is 2.43. The van der Waals surface area contributed by atoms with Crippen LogP contribution in [-0.4, -0.2) is 34.2 Å². The van der Waals surface area contributed by atoms with Crippen molar-refractivity contribution < 1.29 is 17.9 Å². The van der Waals surface area contributed by atoms with Gasteiger partial charge in [0, 0.05) is 26.2 Å². The third-order valence-electron chi connectivity index (χ3n) is 2.94. The third kappa shape index (κ3) is 8.16. The van der Waals surface area contributed by atoms with E-state index in [1.165, 1.54) is 5.56 Å². The van der Waals surface area contributed by atoms with Crippen molar-refractivity contribution in [1.29, 1.82) is 0 Å². The summed E-state index contributed by atoms with van der Waals surface area (Å²) in [7, 11) is -3.15. The zero-order valence-electron chi connectivity index (χ0n) is 13.0. The van der Waals surface area contributed by atoms with Gasteiger partial charge >= 0.3 is 0 Å². The number of nitrogens with one attached hydrogen (secondary N) is 1. The van der Waals surface area contributed by atoms with E-state index in [0.29, 0.717) is 19.8 Å². The Labute approximate surface area is 127 Å². The molecule has 1 aromatic carbocycles. The van der Waals surface area contributed by atoms with E-state index < -0.39 is 10.0 Å². The molecule has 21 heavy (non-hydrogen) atoms. The van der Waals surface area contributed by atoms with Crippen LogP contribution in [0.1, 0.15) is 31.4 Å². The highest BCUT2D eigenvalue weighted by Crippen LogP contribution is 2.11. The van der Waals surface area contributed by atoms with Crippen molar-refractivity contribution in [3.05, 3.63) is 35.4 Å². The molecule has 0 saturated heterocycles. The SMILES string of the molecule is CCOC(CCc1ccc(CN[35S](C)(=O)=O)cc1)OCC. The topological polar surface area (TPSA) is 64.6 Å². The Balaban J connectivity index is 2.46. The lowest BCUT2D eigenvalue weighted by Gasteiger charge is -2.16. The lowest BCUT2D eigenvalue weighted by Crippen LogP contribution is -2.21. The van der Waals surface area contributed by atoms with Crippen molar-refractivity contribution >= 4 is 10.0 Å². The molecule has 5 nitrogen and oxygen atoms in total. The van der Waals surface area contributed by atoms with Gasteiger partial charge in [-0.15, -0.1) is 0 Å². The summed E-state index contributed by atoms with van der Waals surface area (Å²) in [5.74, 6) is 0. The fourth-order valence-electron chi connectivity index (χ4n) is 1.91. The maximum absolute atomic E-state index is 11.0. The molecule has 0 heterocycles. The number of rotatable bonds is 10. The van der Waals surface area contributed by atoms with Gasteiger partial charge in [-0.3, -0.25) is 0 Å². The monoisotopic (exact) mass is 318 g/mol. The van der Waals surface area contributed by atoms with Crippen LogP contribution in [-0.2, 0) is 32.5 Å². The van der Waals surface area contributed by atoms with E-state index in [0.717, 1.165) is 24.7 Å². The van der Waals surface area contributed by atoms with Crippen LogP contribution in [0.3, 0.4) is 0 Å². The highest BCUT2D eigenvalue weighted by molar-refractivity contribution is 7.88. The van der Waals surface area contributed by atoms with Gasteiger partial charge < -0.3 is 9.47 Å². The van der Waals surface area contributed by atoms with Gasteiger partial charge in [0.25, 0.3) is 0 Å². The van der Waals surface area contributed by atoms with Crippen LogP contribution in [0.15, 0.2) is 24.3 Å². The highest BCUT2D eigenvalue weighted by atomic mass is 35.1. The van der Waals surface area contributed by atoms with Crippen LogP contribution < -0.4 is 4.72 Å². The van der Waals surface area contributed by atoms with Crippen LogP contribution in [0.5, 0.6) is 0 Å². The van der Waals surface area contributed by atoms with Crippen LogP contribution in [0.4, 0.5) is 0 Å². The van der Waals surface area contributed by atoms with Gasteiger partial charge in [-0.1, -0.05) is 24.3 Å². The summed E-state index contributed by atoms with van der Waals surface area (Å²) in [5.41, 5.74) is 2.12. The molecule has 0 aliphatic heterocycles. The van der Waals surface area contributed by atoms with Crippen molar-refractivity contribution in [3.63, 3.8) is 0 Å². The Kier molecular flexibility index (Phi) is 7.88. The quantitative estimate of drug-likeness (QED) is 0.671. The number of hydrogen-bond donors (Lipinski definition) is 1. The van der Waals surface area contributed by atoms with Crippen molar-refractivity contribution in [2.24, 2.45) is 0 Å². The highest BCUT2D eigenvalue weighted by Gasteiger charge is 2.08. The first kappa shape index (κ1) is 18.1. The predicted octanol–water partition coefficient (Wildman–Crippen LogP) is 2.07. The van der Waals surface area contributed by atoms with E-state index in [4.69, 9.17) is 9.47 Å². The van der Waals surface area contributed by atoms with E-state index in [1.54, 1.807) is 0 Å². The van der Waals surface area contributed by atoms with Crippen molar-refractivity contribution in [2.75, 3.05) is 19.5 Å². The molecule has 0 aliphatic carbocycles. The zero-order valence-corrected chi connectivity index (χ0v) is 13.8. The molecule has 0 unspecified atom stereocenters. The summed E-state index contributed by atoms with van der Waals surface area (Å²) in [6.07, 6.45) is 2.67. The average molecular weight is 318 g/mol. The summed E-state index contributed by atoms with van der Waals surface area (Å²) in [5, 5.41) is 0. The molecule has 0 bridgehead atoms. The number of ether oxygens (including phenoxy) is 2. The predicted molar refractivity (Wildman–Crippen MR) is 83.5 cm³/mol. The van der Waals surface area contributed by atoms with Crippen LogP contribution in [0.25, 0.3) is 0 Å². The summed E-state index contributed by atoms with van der Waals surface area (Å²) in [4.78, 5) is 0. The van der Waals surface area contributed by atoms with Gasteiger partial charge in [-0.05, 0) is 31.4 Å². The first-order chi connectivity index (χ1) is 9.94. The Bertz CT molecular complexity index is 493. The first-order valence-corrected chi connectivity index (χ1v) is 9.09. The van der Waals surface area contributed by atoms with E-state index in [1.807, 2.05) is 38.1 Å². The second-order valence-electron chi connectivity index (χ2n) is 4.79. The number of sulfonamides is 1. The largest absolute Gasteiger partial charge is 0.353 e. The third-order valence-corrected chi connectivity index (χ3v) is 3.60. The second kappa shape index (κ2) is 9.15. The van der Waals surface area contributed by atoms with Gasteiger partial charge in [-0.25, -0.2) is 13.1 Å². The smallest absolute Gasteiger partial charge is 0.209 e. The van der Waals surface area contributed by atoms with Gasteiger partial charge in [0.05, 0.1) is 6.26 Å². The molecule has 0 aromatic heterocycles. The maximum atomic E-state index is 11.0. The van der Waals surface area contributed by atoms with E-state index in [9.17, 15) is 8.42 Å². The molecule has 0 radical (unpaired) electrons. The molecule has 1 aromatic rings. The van der Waals surface area contributed by atoms with E-state index in [-0.39, 0.29) is 6.29 Å². The lowest BCUT2D eigenvalue weighted by molar-refractivity contribution is -0.139. The Hall–Kier alpha value is -0.950. The molecule has 0 fully saturated rings. The zero-order chi connectivity index (χ0) is 15.7. The van der Waals surface area contributed by atoms with Crippen molar-refractivity contribution in [1.82, 2.24) is 4.72 Å². The van der Waals surface area contributed by atoms with Gasteiger partial charge in [-0.2, -0.15) is 0 Å². The minimum absolute atomic E-state index is 0.161. The number of aryl methyl sites for hydroxylation is 1. The molecule has 0 saturated carbocycles. The first-order valence-electron chi connectivity index (χ1n) is 7.20. The summed E-state index contributed by atoms with van der Waals surface area (Å²) in [6, 6.07) is 7.89. The fourth-order valence-corrected chi connectivity index (χ4v) is 2.34. The Morgan fingerprint density at radius 3 is 2.05 bits per heavy atom. The molecule has 1 N–H and O–H groups in total. The summed E-state index contributed by atoms with van der Waals surface area (Å²) < 4.78 is 35.5. The van der Waals surface area contributed by atoms with Crippen LogP contribution in [0.2, 0.25) is 0 Å². The Morgan fingerprint density at radius 2 is 1.57 bits per heavy atom.